The van der Waals surface area contributed by atoms with Gasteiger partial charge in [0.25, 0.3) is 0 Å². The van der Waals surface area contributed by atoms with Crippen molar-refractivity contribution < 1.29 is 19.3 Å². The first-order valence-corrected chi connectivity index (χ1v) is 5.66. The molecule has 4 nitrogen and oxygen atoms in total. The lowest BCUT2D eigenvalue weighted by molar-refractivity contribution is -0.0819. The fourth-order valence-electron chi connectivity index (χ4n) is 1.73. The van der Waals surface area contributed by atoms with Gasteiger partial charge in [-0.05, 0) is 19.9 Å². The van der Waals surface area contributed by atoms with Crippen molar-refractivity contribution in [3.05, 3.63) is 23.8 Å². The molecule has 1 aliphatic heterocycles. The molecule has 0 radical (unpaired) electrons. The van der Waals surface area contributed by atoms with Crippen LogP contribution in [-0.2, 0) is 10.3 Å². The van der Waals surface area contributed by atoms with Gasteiger partial charge < -0.3 is 19.3 Å². The third-order valence-electron chi connectivity index (χ3n) is 2.75. The maximum atomic E-state index is 10.1. The average molecular weight is 238 g/mol. The van der Waals surface area contributed by atoms with Crippen molar-refractivity contribution in [1.82, 2.24) is 0 Å². The summed E-state index contributed by atoms with van der Waals surface area (Å²) in [5.74, 6) is 1.24. The van der Waals surface area contributed by atoms with Gasteiger partial charge in [0.1, 0.15) is 6.10 Å². The van der Waals surface area contributed by atoms with E-state index in [1.807, 2.05) is 18.2 Å². The van der Waals surface area contributed by atoms with E-state index in [-0.39, 0.29) is 6.10 Å². The quantitative estimate of drug-likeness (QED) is 0.867. The van der Waals surface area contributed by atoms with Crippen molar-refractivity contribution >= 4 is 0 Å². The summed E-state index contributed by atoms with van der Waals surface area (Å²) in [4.78, 5) is 0. The molecule has 0 amide bonds. The van der Waals surface area contributed by atoms with Crippen LogP contribution in [-0.4, -0.2) is 31.5 Å². The van der Waals surface area contributed by atoms with Crippen LogP contribution in [0, 0.1) is 0 Å². The summed E-state index contributed by atoms with van der Waals surface area (Å²) in [6.07, 6.45) is 0.0485. The molecule has 94 valence electrons. The standard InChI is InChI=1S/C13H18O4/c1-13(2,14)10-5-4-6-11(15-3)12(10)17-9-7-16-8-9/h4-6,9,14H,7-8H2,1-3H3. The molecule has 0 saturated carbocycles. The zero-order valence-corrected chi connectivity index (χ0v) is 10.4. The Balaban J connectivity index is 2.36. The summed E-state index contributed by atoms with van der Waals surface area (Å²) >= 11 is 0. The number of hydrogen-bond acceptors (Lipinski definition) is 4. The molecular weight excluding hydrogens is 220 g/mol. The lowest BCUT2D eigenvalue weighted by atomic mass is 9.97. The Kier molecular flexibility index (Phi) is 3.26. The topological polar surface area (TPSA) is 47.9 Å². The predicted octanol–water partition coefficient (Wildman–Crippen LogP) is 1.70. The van der Waals surface area contributed by atoms with Gasteiger partial charge in [0.2, 0.25) is 0 Å². The van der Waals surface area contributed by atoms with Crippen LogP contribution in [0.2, 0.25) is 0 Å². The molecule has 0 unspecified atom stereocenters. The van der Waals surface area contributed by atoms with Crippen molar-refractivity contribution in [3.8, 4) is 11.5 Å². The molecule has 1 fully saturated rings. The van der Waals surface area contributed by atoms with Gasteiger partial charge in [-0.15, -0.1) is 0 Å². The first-order chi connectivity index (χ1) is 8.02. The van der Waals surface area contributed by atoms with Gasteiger partial charge in [-0.2, -0.15) is 0 Å². The third-order valence-corrected chi connectivity index (χ3v) is 2.75. The molecule has 0 aliphatic carbocycles. The van der Waals surface area contributed by atoms with E-state index in [4.69, 9.17) is 14.2 Å². The highest BCUT2D eigenvalue weighted by Crippen LogP contribution is 2.38. The van der Waals surface area contributed by atoms with Crippen molar-refractivity contribution in [2.24, 2.45) is 0 Å². The Morgan fingerprint density at radius 2 is 2.06 bits per heavy atom. The van der Waals surface area contributed by atoms with Gasteiger partial charge in [-0.25, -0.2) is 0 Å². The zero-order valence-electron chi connectivity index (χ0n) is 10.4. The minimum Gasteiger partial charge on any atom is -0.493 e. The normalized spacial score (nSPS) is 16.5. The van der Waals surface area contributed by atoms with Crippen LogP contribution in [0.3, 0.4) is 0 Å². The van der Waals surface area contributed by atoms with E-state index in [2.05, 4.69) is 0 Å². The lowest BCUT2D eigenvalue weighted by Crippen LogP contribution is -2.39. The van der Waals surface area contributed by atoms with Crippen LogP contribution in [0.4, 0.5) is 0 Å². The Hall–Kier alpha value is -1.26. The summed E-state index contributed by atoms with van der Waals surface area (Å²) in [6, 6.07) is 5.51. The highest BCUT2D eigenvalue weighted by molar-refractivity contribution is 5.49. The van der Waals surface area contributed by atoms with Gasteiger partial charge in [0.15, 0.2) is 11.5 Å². The molecule has 0 bridgehead atoms. The second kappa shape index (κ2) is 4.55. The van der Waals surface area contributed by atoms with E-state index in [9.17, 15) is 5.11 Å². The molecule has 1 saturated heterocycles. The number of aliphatic hydroxyl groups is 1. The molecule has 2 rings (SSSR count). The second-order valence-electron chi connectivity index (χ2n) is 4.67. The van der Waals surface area contributed by atoms with E-state index in [1.54, 1.807) is 21.0 Å². The van der Waals surface area contributed by atoms with Crippen molar-refractivity contribution in [2.75, 3.05) is 20.3 Å². The molecule has 0 spiro atoms. The molecule has 0 aromatic heterocycles. The van der Waals surface area contributed by atoms with Crippen LogP contribution >= 0.6 is 0 Å². The summed E-state index contributed by atoms with van der Waals surface area (Å²) in [5.41, 5.74) is -0.238. The number of hydrogen-bond donors (Lipinski definition) is 1. The molecule has 1 N–H and O–H groups in total. The molecule has 0 atom stereocenters. The Bertz CT molecular complexity index is 391. The summed E-state index contributed by atoms with van der Waals surface area (Å²) in [6.45, 7) is 4.63. The zero-order chi connectivity index (χ0) is 12.5. The minimum atomic E-state index is -0.964. The van der Waals surface area contributed by atoms with Gasteiger partial charge in [0.05, 0.1) is 25.9 Å². The highest BCUT2D eigenvalue weighted by Gasteiger charge is 2.28. The van der Waals surface area contributed by atoms with Gasteiger partial charge in [-0.1, -0.05) is 12.1 Å². The number of methoxy groups -OCH3 is 1. The smallest absolute Gasteiger partial charge is 0.167 e. The van der Waals surface area contributed by atoms with Gasteiger partial charge >= 0.3 is 0 Å². The predicted molar refractivity (Wildman–Crippen MR) is 63.5 cm³/mol. The van der Waals surface area contributed by atoms with E-state index in [0.717, 1.165) is 5.56 Å². The van der Waals surface area contributed by atoms with Gasteiger partial charge in [0, 0.05) is 5.56 Å². The number of para-hydroxylation sites is 1. The fourth-order valence-corrected chi connectivity index (χ4v) is 1.73. The Morgan fingerprint density at radius 3 is 2.53 bits per heavy atom. The van der Waals surface area contributed by atoms with Crippen LogP contribution in [0.5, 0.6) is 11.5 Å². The Morgan fingerprint density at radius 1 is 1.35 bits per heavy atom. The maximum absolute atomic E-state index is 10.1. The molecule has 1 aromatic rings. The van der Waals surface area contributed by atoms with Crippen molar-refractivity contribution in [2.45, 2.75) is 25.6 Å². The van der Waals surface area contributed by atoms with Crippen LogP contribution in [0.1, 0.15) is 19.4 Å². The van der Waals surface area contributed by atoms with Gasteiger partial charge in [-0.3, -0.25) is 0 Å². The van der Waals surface area contributed by atoms with E-state index in [0.29, 0.717) is 24.7 Å². The molecule has 1 aromatic carbocycles. The first-order valence-electron chi connectivity index (χ1n) is 5.66. The summed E-state index contributed by atoms with van der Waals surface area (Å²) < 4.78 is 16.2. The minimum absolute atomic E-state index is 0.0485. The van der Waals surface area contributed by atoms with E-state index >= 15 is 0 Å². The molecule has 1 heterocycles. The number of benzene rings is 1. The number of rotatable bonds is 4. The van der Waals surface area contributed by atoms with Crippen molar-refractivity contribution in [1.29, 1.82) is 0 Å². The van der Waals surface area contributed by atoms with Crippen molar-refractivity contribution in [3.63, 3.8) is 0 Å². The molecule has 17 heavy (non-hydrogen) atoms. The first kappa shape index (κ1) is 12.2. The van der Waals surface area contributed by atoms with Crippen LogP contribution < -0.4 is 9.47 Å². The summed E-state index contributed by atoms with van der Waals surface area (Å²) in [5, 5.41) is 10.1. The largest absolute Gasteiger partial charge is 0.493 e. The van der Waals surface area contributed by atoms with E-state index < -0.39 is 5.60 Å². The lowest BCUT2D eigenvalue weighted by Gasteiger charge is -2.30. The Labute approximate surface area is 101 Å². The monoisotopic (exact) mass is 238 g/mol. The second-order valence-corrected chi connectivity index (χ2v) is 4.67. The fraction of sp³-hybridized carbons (Fsp3) is 0.538. The number of ether oxygens (including phenoxy) is 3. The molecule has 4 heteroatoms. The van der Waals surface area contributed by atoms with Crippen LogP contribution in [0.15, 0.2) is 18.2 Å². The van der Waals surface area contributed by atoms with E-state index in [1.165, 1.54) is 0 Å². The van der Waals surface area contributed by atoms with Crippen LogP contribution in [0.25, 0.3) is 0 Å². The SMILES string of the molecule is COc1cccc(C(C)(C)O)c1OC1COC1. The highest BCUT2D eigenvalue weighted by atomic mass is 16.6. The third kappa shape index (κ3) is 2.53. The maximum Gasteiger partial charge on any atom is 0.167 e. The molecule has 1 aliphatic rings. The molecular formula is C13H18O4. The summed E-state index contributed by atoms with van der Waals surface area (Å²) in [7, 11) is 1.59. The average Bonchev–Trinajstić information content (AvgIpc) is 2.21.